The SMILES string of the molecule is CCN1C(=O)N(C)C(=O)NC1(C)S. The number of carbonyl (C=O) groups is 2. The Kier molecular flexibility index (Phi) is 2.42. The van der Waals surface area contributed by atoms with E-state index in [4.69, 9.17) is 0 Å². The van der Waals surface area contributed by atoms with Gasteiger partial charge in [0.25, 0.3) is 0 Å². The number of imide groups is 1. The summed E-state index contributed by atoms with van der Waals surface area (Å²) in [5.41, 5.74) is 0. The number of hydrogen-bond donors (Lipinski definition) is 2. The van der Waals surface area contributed by atoms with Crippen LogP contribution < -0.4 is 5.32 Å². The van der Waals surface area contributed by atoms with E-state index in [2.05, 4.69) is 17.9 Å². The molecule has 1 atom stereocenters. The van der Waals surface area contributed by atoms with Crippen molar-refractivity contribution in [2.24, 2.45) is 0 Å². The van der Waals surface area contributed by atoms with Gasteiger partial charge >= 0.3 is 12.1 Å². The van der Waals surface area contributed by atoms with E-state index in [-0.39, 0.29) is 6.03 Å². The molecule has 0 saturated carbocycles. The lowest BCUT2D eigenvalue weighted by molar-refractivity contribution is 0.107. The normalized spacial score (nSPS) is 29.2. The highest BCUT2D eigenvalue weighted by atomic mass is 32.1. The lowest BCUT2D eigenvalue weighted by Crippen LogP contribution is -2.67. The zero-order valence-electron chi connectivity index (χ0n) is 7.87. The Labute approximate surface area is 82.5 Å². The van der Waals surface area contributed by atoms with Gasteiger partial charge in [0.15, 0.2) is 4.99 Å². The number of nitrogens with one attached hydrogen (secondary N) is 1. The first-order valence-electron chi connectivity index (χ1n) is 4.00. The Hall–Kier alpha value is -0.910. The molecule has 1 rings (SSSR count). The maximum absolute atomic E-state index is 11.5. The maximum atomic E-state index is 11.5. The van der Waals surface area contributed by atoms with Gasteiger partial charge in [-0.1, -0.05) is 0 Å². The summed E-state index contributed by atoms with van der Waals surface area (Å²) in [6, 6.07) is -0.754. The second-order valence-corrected chi connectivity index (χ2v) is 3.91. The monoisotopic (exact) mass is 203 g/mol. The summed E-state index contributed by atoms with van der Waals surface area (Å²) >= 11 is 4.20. The Balaban J connectivity index is 2.95. The molecule has 6 heteroatoms. The molecule has 0 aromatic heterocycles. The minimum absolute atomic E-state index is 0.330. The molecule has 1 fully saturated rings. The summed E-state index contributed by atoms with van der Waals surface area (Å²) in [4.78, 5) is 24.3. The third-order valence-electron chi connectivity index (χ3n) is 2.01. The van der Waals surface area contributed by atoms with Gasteiger partial charge in [0, 0.05) is 13.6 Å². The van der Waals surface area contributed by atoms with Crippen LogP contribution in [0.4, 0.5) is 9.59 Å². The van der Waals surface area contributed by atoms with Crippen molar-refractivity contribution in [3.8, 4) is 0 Å². The molecule has 0 bridgehead atoms. The Morgan fingerprint density at radius 2 is 2.08 bits per heavy atom. The lowest BCUT2D eigenvalue weighted by atomic mass is 10.4. The zero-order valence-corrected chi connectivity index (χ0v) is 8.76. The number of rotatable bonds is 1. The average Bonchev–Trinajstić information content (AvgIpc) is 2.00. The lowest BCUT2D eigenvalue weighted by Gasteiger charge is -2.43. The minimum Gasteiger partial charge on any atom is -0.306 e. The van der Waals surface area contributed by atoms with Crippen molar-refractivity contribution in [1.29, 1.82) is 0 Å². The van der Waals surface area contributed by atoms with Crippen molar-refractivity contribution in [2.75, 3.05) is 13.6 Å². The van der Waals surface area contributed by atoms with Crippen LogP contribution in [0.1, 0.15) is 13.8 Å². The highest BCUT2D eigenvalue weighted by molar-refractivity contribution is 7.81. The first-order valence-corrected chi connectivity index (χ1v) is 4.44. The average molecular weight is 203 g/mol. The molecule has 5 nitrogen and oxygen atoms in total. The maximum Gasteiger partial charge on any atom is 0.330 e. The van der Waals surface area contributed by atoms with Gasteiger partial charge in [-0.3, -0.25) is 4.90 Å². The van der Waals surface area contributed by atoms with E-state index in [0.29, 0.717) is 6.54 Å². The van der Waals surface area contributed by atoms with Crippen LogP contribution in [-0.2, 0) is 0 Å². The van der Waals surface area contributed by atoms with Crippen LogP contribution >= 0.6 is 12.6 Å². The molecule has 13 heavy (non-hydrogen) atoms. The third kappa shape index (κ3) is 1.58. The molecule has 1 aliphatic rings. The van der Waals surface area contributed by atoms with E-state index in [1.165, 1.54) is 11.9 Å². The smallest absolute Gasteiger partial charge is 0.306 e. The summed E-state index contributed by atoms with van der Waals surface area (Å²) in [5.74, 6) is 0. The number of urea groups is 2. The Morgan fingerprint density at radius 3 is 2.54 bits per heavy atom. The van der Waals surface area contributed by atoms with Crippen molar-refractivity contribution in [1.82, 2.24) is 15.1 Å². The van der Waals surface area contributed by atoms with Crippen LogP contribution in [0.25, 0.3) is 0 Å². The van der Waals surface area contributed by atoms with E-state index in [1.807, 2.05) is 6.92 Å². The fraction of sp³-hybridized carbons (Fsp3) is 0.714. The van der Waals surface area contributed by atoms with Gasteiger partial charge in [-0.05, 0) is 13.8 Å². The predicted octanol–water partition coefficient (Wildman–Crippen LogP) is 0.687. The highest BCUT2D eigenvalue weighted by Crippen LogP contribution is 2.21. The Morgan fingerprint density at radius 1 is 1.54 bits per heavy atom. The molecule has 0 aromatic carbocycles. The number of nitrogens with zero attached hydrogens (tertiary/aromatic N) is 2. The van der Waals surface area contributed by atoms with Crippen LogP contribution in [-0.4, -0.2) is 40.4 Å². The van der Waals surface area contributed by atoms with E-state index in [1.54, 1.807) is 6.92 Å². The van der Waals surface area contributed by atoms with Crippen molar-refractivity contribution >= 4 is 24.7 Å². The fourth-order valence-corrected chi connectivity index (χ4v) is 1.57. The molecule has 0 spiro atoms. The first kappa shape index (κ1) is 10.2. The minimum atomic E-state index is -0.893. The van der Waals surface area contributed by atoms with Gasteiger partial charge < -0.3 is 5.32 Å². The zero-order chi connectivity index (χ0) is 10.2. The van der Waals surface area contributed by atoms with Crippen LogP contribution in [0.2, 0.25) is 0 Å². The summed E-state index contributed by atoms with van der Waals surface area (Å²) < 4.78 is 0. The van der Waals surface area contributed by atoms with Crippen LogP contribution in [0.5, 0.6) is 0 Å². The number of amides is 4. The van der Waals surface area contributed by atoms with E-state index < -0.39 is 11.0 Å². The van der Waals surface area contributed by atoms with E-state index >= 15 is 0 Å². The second kappa shape index (κ2) is 3.10. The first-order chi connectivity index (χ1) is 5.90. The van der Waals surface area contributed by atoms with Crippen molar-refractivity contribution in [3.63, 3.8) is 0 Å². The summed E-state index contributed by atoms with van der Waals surface area (Å²) in [6.45, 7) is 4.00. The third-order valence-corrected chi connectivity index (χ3v) is 2.36. The predicted molar refractivity (Wildman–Crippen MR) is 51.5 cm³/mol. The molecule has 0 aliphatic carbocycles. The largest absolute Gasteiger partial charge is 0.330 e. The summed E-state index contributed by atoms with van der Waals surface area (Å²) in [5, 5.41) is 2.59. The molecular weight excluding hydrogens is 190 g/mol. The van der Waals surface area contributed by atoms with Crippen LogP contribution in [0, 0.1) is 0 Å². The summed E-state index contributed by atoms with van der Waals surface area (Å²) in [7, 11) is 1.43. The molecule has 1 unspecified atom stereocenters. The molecular formula is C7H13N3O2S. The fourth-order valence-electron chi connectivity index (χ4n) is 1.25. The van der Waals surface area contributed by atoms with E-state index in [9.17, 15) is 9.59 Å². The Bertz CT molecular complexity index is 254. The van der Waals surface area contributed by atoms with Crippen LogP contribution in [0.3, 0.4) is 0 Å². The standard InChI is InChI=1S/C7H13N3O2S/c1-4-10-6(12)9(3)5(11)8-7(10,2)13/h13H,4H2,1-3H3,(H,8,11). The van der Waals surface area contributed by atoms with Gasteiger partial charge in [0.05, 0.1) is 0 Å². The topological polar surface area (TPSA) is 52.7 Å². The summed E-state index contributed by atoms with van der Waals surface area (Å²) in [6.07, 6.45) is 0. The second-order valence-electron chi connectivity index (χ2n) is 3.04. The molecule has 0 aromatic rings. The van der Waals surface area contributed by atoms with Gasteiger partial charge in [-0.15, -0.1) is 12.6 Å². The molecule has 1 N–H and O–H groups in total. The molecule has 1 saturated heterocycles. The molecule has 0 radical (unpaired) electrons. The van der Waals surface area contributed by atoms with Gasteiger partial charge in [-0.2, -0.15) is 0 Å². The van der Waals surface area contributed by atoms with Crippen LogP contribution in [0.15, 0.2) is 0 Å². The molecule has 74 valence electrons. The number of hydrogen-bond acceptors (Lipinski definition) is 3. The van der Waals surface area contributed by atoms with Crippen molar-refractivity contribution < 1.29 is 9.59 Å². The number of carbonyl (C=O) groups excluding carboxylic acids is 2. The quantitative estimate of drug-likeness (QED) is 0.616. The van der Waals surface area contributed by atoms with Crippen molar-refractivity contribution in [3.05, 3.63) is 0 Å². The number of thiol groups is 1. The van der Waals surface area contributed by atoms with Gasteiger partial charge in [-0.25, -0.2) is 14.5 Å². The van der Waals surface area contributed by atoms with Gasteiger partial charge in [0.2, 0.25) is 0 Å². The van der Waals surface area contributed by atoms with Gasteiger partial charge in [0.1, 0.15) is 0 Å². The molecule has 1 aliphatic heterocycles. The molecule has 4 amide bonds. The molecule has 1 heterocycles. The highest BCUT2D eigenvalue weighted by Gasteiger charge is 2.41. The van der Waals surface area contributed by atoms with Crippen molar-refractivity contribution in [2.45, 2.75) is 18.8 Å². The van der Waals surface area contributed by atoms with E-state index in [0.717, 1.165) is 4.90 Å².